The molecule has 5 heteroatoms. The second-order valence-electron chi connectivity index (χ2n) is 7.64. The number of benzene rings is 2. The summed E-state index contributed by atoms with van der Waals surface area (Å²) in [6, 6.07) is 18.7. The fourth-order valence-corrected chi connectivity index (χ4v) is 3.69. The summed E-state index contributed by atoms with van der Waals surface area (Å²) in [5.74, 6) is 1.29. The van der Waals surface area contributed by atoms with Gasteiger partial charge in [-0.1, -0.05) is 60.2 Å². The number of piperazine rings is 1. The van der Waals surface area contributed by atoms with Crippen LogP contribution in [0.5, 0.6) is 0 Å². The summed E-state index contributed by atoms with van der Waals surface area (Å²) in [6.07, 6.45) is 4.45. The summed E-state index contributed by atoms with van der Waals surface area (Å²) >= 11 is 0. The smallest absolute Gasteiger partial charge is 0.247 e. The maximum absolute atomic E-state index is 5.99. The summed E-state index contributed by atoms with van der Waals surface area (Å²) in [6.45, 7) is 9.29. The fraction of sp³-hybridized carbons (Fsp3) is 0.333. The summed E-state index contributed by atoms with van der Waals surface area (Å²) in [7, 11) is 0. The molecule has 0 radical (unpaired) electrons. The average Bonchev–Trinajstić information content (AvgIpc) is 3.25. The minimum absolute atomic E-state index is 0.128. The SMILES string of the molecule is Cc1cccc(-c2nnc([C@H](C)N3CCN(C/C=C/c4ccccc4)CC3)o2)c1. The lowest BCUT2D eigenvalue weighted by Gasteiger charge is -2.36. The standard InChI is InChI=1S/C24H28N4O/c1-19-8-6-12-22(18-19)24-26-25-23(29-24)20(2)28-16-14-27(15-17-28)13-7-11-21-9-4-3-5-10-21/h3-12,18,20H,13-17H2,1-2H3/b11-7+/t20-/m0/s1. The lowest BCUT2D eigenvalue weighted by atomic mass is 10.1. The molecule has 1 saturated heterocycles. The Kier molecular flexibility index (Phi) is 6.17. The van der Waals surface area contributed by atoms with Gasteiger partial charge in [-0.05, 0) is 31.5 Å². The van der Waals surface area contributed by atoms with Gasteiger partial charge in [0.15, 0.2) is 0 Å². The molecule has 4 rings (SSSR count). The predicted molar refractivity (Wildman–Crippen MR) is 116 cm³/mol. The zero-order valence-electron chi connectivity index (χ0n) is 17.2. The van der Waals surface area contributed by atoms with Crippen molar-refractivity contribution in [3.05, 3.63) is 77.7 Å². The van der Waals surface area contributed by atoms with Gasteiger partial charge in [0.2, 0.25) is 11.8 Å². The first-order valence-corrected chi connectivity index (χ1v) is 10.3. The van der Waals surface area contributed by atoms with Gasteiger partial charge >= 0.3 is 0 Å². The second kappa shape index (κ2) is 9.16. The Hall–Kier alpha value is -2.76. The van der Waals surface area contributed by atoms with Crippen LogP contribution in [0.2, 0.25) is 0 Å². The van der Waals surface area contributed by atoms with Gasteiger partial charge in [-0.3, -0.25) is 9.80 Å². The molecule has 150 valence electrons. The van der Waals surface area contributed by atoms with E-state index in [2.05, 4.69) is 82.4 Å². The third kappa shape index (κ3) is 5.00. The van der Waals surface area contributed by atoms with Crippen molar-refractivity contribution in [2.45, 2.75) is 19.9 Å². The molecule has 29 heavy (non-hydrogen) atoms. The first-order valence-electron chi connectivity index (χ1n) is 10.3. The molecule has 0 N–H and O–H groups in total. The Bertz CT molecular complexity index is 942. The average molecular weight is 389 g/mol. The predicted octanol–water partition coefficient (Wildman–Crippen LogP) is 4.44. The van der Waals surface area contributed by atoms with Gasteiger partial charge in [-0.2, -0.15) is 0 Å². The van der Waals surface area contributed by atoms with Crippen molar-refractivity contribution in [2.75, 3.05) is 32.7 Å². The largest absolute Gasteiger partial charge is 0.419 e. The number of rotatable bonds is 6. The molecule has 5 nitrogen and oxygen atoms in total. The molecule has 0 unspecified atom stereocenters. The van der Waals surface area contributed by atoms with Crippen molar-refractivity contribution in [3.8, 4) is 11.5 Å². The third-order valence-corrected chi connectivity index (χ3v) is 5.49. The van der Waals surface area contributed by atoms with Crippen molar-refractivity contribution in [3.63, 3.8) is 0 Å². The molecule has 1 fully saturated rings. The summed E-state index contributed by atoms with van der Waals surface area (Å²) in [5.41, 5.74) is 3.42. The van der Waals surface area contributed by atoms with Gasteiger partial charge in [-0.25, -0.2) is 0 Å². The molecule has 0 bridgehead atoms. The van der Waals surface area contributed by atoms with Crippen LogP contribution in [-0.4, -0.2) is 52.7 Å². The van der Waals surface area contributed by atoms with Crippen molar-refractivity contribution < 1.29 is 4.42 Å². The van der Waals surface area contributed by atoms with Crippen LogP contribution in [-0.2, 0) is 0 Å². The van der Waals surface area contributed by atoms with Crippen LogP contribution < -0.4 is 0 Å². The molecule has 1 aliphatic rings. The van der Waals surface area contributed by atoms with Crippen molar-refractivity contribution in [1.82, 2.24) is 20.0 Å². The number of hydrogen-bond donors (Lipinski definition) is 0. The van der Waals surface area contributed by atoms with Gasteiger partial charge in [-0.15, -0.1) is 10.2 Å². The lowest BCUT2D eigenvalue weighted by Crippen LogP contribution is -2.47. The molecule has 1 atom stereocenters. The van der Waals surface area contributed by atoms with Gasteiger partial charge in [0.1, 0.15) is 0 Å². The normalized spacial score (nSPS) is 17.0. The third-order valence-electron chi connectivity index (χ3n) is 5.49. The molecule has 0 amide bonds. The zero-order valence-corrected chi connectivity index (χ0v) is 17.2. The van der Waals surface area contributed by atoms with E-state index in [4.69, 9.17) is 4.42 Å². The fourth-order valence-electron chi connectivity index (χ4n) is 3.69. The van der Waals surface area contributed by atoms with Crippen LogP contribution in [0.25, 0.3) is 17.5 Å². The van der Waals surface area contributed by atoms with Crippen LogP contribution in [0.4, 0.5) is 0 Å². The van der Waals surface area contributed by atoms with Gasteiger partial charge in [0, 0.05) is 38.3 Å². The van der Waals surface area contributed by atoms with E-state index in [0.717, 1.165) is 38.3 Å². The molecule has 1 aliphatic heterocycles. The monoisotopic (exact) mass is 388 g/mol. The number of aryl methyl sites for hydroxylation is 1. The molecule has 2 aromatic carbocycles. The van der Waals surface area contributed by atoms with E-state index in [9.17, 15) is 0 Å². The van der Waals surface area contributed by atoms with Crippen molar-refractivity contribution >= 4 is 6.08 Å². The lowest BCUT2D eigenvalue weighted by molar-refractivity contribution is 0.0984. The van der Waals surface area contributed by atoms with E-state index in [1.165, 1.54) is 11.1 Å². The van der Waals surface area contributed by atoms with E-state index in [1.807, 2.05) is 18.2 Å². The molecular weight excluding hydrogens is 360 g/mol. The van der Waals surface area contributed by atoms with Crippen LogP contribution >= 0.6 is 0 Å². The first kappa shape index (κ1) is 19.6. The highest BCUT2D eigenvalue weighted by Gasteiger charge is 2.25. The number of aromatic nitrogens is 2. The van der Waals surface area contributed by atoms with E-state index < -0.39 is 0 Å². The molecule has 0 spiro atoms. The van der Waals surface area contributed by atoms with Gasteiger partial charge in [0.25, 0.3) is 0 Å². The minimum atomic E-state index is 0.128. The summed E-state index contributed by atoms with van der Waals surface area (Å²) in [5, 5.41) is 8.58. The topological polar surface area (TPSA) is 45.4 Å². The first-order chi connectivity index (χ1) is 14.2. The van der Waals surface area contributed by atoms with E-state index >= 15 is 0 Å². The number of hydrogen-bond acceptors (Lipinski definition) is 5. The van der Waals surface area contributed by atoms with E-state index in [-0.39, 0.29) is 6.04 Å². The van der Waals surface area contributed by atoms with Crippen LogP contribution in [0.1, 0.15) is 30.0 Å². The Morgan fingerprint density at radius 3 is 2.55 bits per heavy atom. The Morgan fingerprint density at radius 1 is 1.00 bits per heavy atom. The second-order valence-corrected chi connectivity index (χ2v) is 7.64. The molecule has 3 aromatic rings. The minimum Gasteiger partial charge on any atom is -0.419 e. The summed E-state index contributed by atoms with van der Waals surface area (Å²) < 4.78 is 5.99. The maximum atomic E-state index is 5.99. The molecular formula is C24H28N4O. The van der Waals surface area contributed by atoms with Crippen LogP contribution in [0.15, 0.2) is 65.1 Å². The number of nitrogens with zero attached hydrogens (tertiary/aromatic N) is 4. The van der Waals surface area contributed by atoms with Crippen LogP contribution in [0.3, 0.4) is 0 Å². The Labute approximate surface area is 172 Å². The van der Waals surface area contributed by atoms with Gasteiger partial charge in [0.05, 0.1) is 6.04 Å². The molecule has 1 aromatic heterocycles. The molecule has 0 saturated carbocycles. The maximum Gasteiger partial charge on any atom is 0.247 e. The highest BCUT2D eigenvalue weighted by Crippen LogP contribution is 2.25. The van der Waals surface area contributed by atoms with Crippen molar-refractivity contribution in [2.24, 2.45) is 0 Å². The molecule has 0 aliphatic carbocycles. The Balaban J connectivity index is 1.30. The highest BCUT2D eigenvalue weighted by molar-refractivity contribution is 5.53. The van der Waals surface area contributed by atoms with Crippen molar-refractivity contribution in [1.29, 1.82) is 0 Å². The zero-order chi connectivity index (χ0) is 20.1. The van der Waals surface area contributed by atoms with Gasteiger partial charge < -0.3 is 4.42 Å². The summed E-state index contributed by atoms with van der Waals surface area (Å²) in [4.78, 5) is 4.90. The van der Waals surface area contributed by atoms with E-state index in [1.54, 1.807) is 0 Å². The Morgan fingerprint density at radius 2 is 1.79 bits per heavy atom. The van der Waals surface area contributed by atoms with E-state index in [0.29, 0.717) is 11.8 Å². The molecule has 2 heterocycles. The quantitative estimate of drug-likeness (QED) is 0.625. The van der Waals surface area contributed by atoms with Crippen LogP contribution in [0, 0.1) is 6.92 Å². The highest BCUT2D eigenvalue weighted by atomic mass is 16.4.